The van der Waals surface area contributed by atoms with Crippen molar-refractivity contribution >= 4 is 5.91 Å². The monoisotopic (exact) mass is 214 g/mol. The average molecular weight is 214 g/mol. The van der Waals surface area contributed by atoms with Crippen molar-refractivity contribution in [1.82, 2.24) is 4.90 Å². The molecule has 2 heterocycles. The van der Waals surface area contributed by atoms with Gasteiger partial charge in [-0.1, -0.05) is 6.92 Å². The molecule has 0 aromatic heterocycles. The van der Waals surface area contributed by atoms with Crippen molar-refractivity contribution in [3.63, 3.8) is 0 Å². The van der Waals surface area contributed by atoms with Crippen molar-refractivity contribution < 1.29 is 14.3 Å². The van der Waals surface area contributed by atoms with Crippen molar-refractivity contribution in [3.05, 3.63) is 0 Å². The zero-order valence-corrected chi connectivity index (χ0v) is 9.02. The van der Waals surface area contributed by atoms with Crippen molar-refractivity contribution in [2.45, 2.75) is 19.1 Å². The van der Waals surface area contributed by atoms with E-state index >= 15 is 0 Å². The maximum atomic E-state index is 12.0. The van der Waals surface area contributed by atoms with Crippen LogP contribution in [0.2, 0.25) is 0 Å². The van der Waals surface area contributed by atoms with E-state index in [1.54, 1.807) is 4.90 Å². The van der Waals surface area contributed by atoms with Gasteiger partial charge in [0.05, 0.1) is 19.8 Å². The summed E-state index contributed by atoms with van der Waals surface area (Å²) in [7, 11) is 0. The van der Waals surface area contributed by atoms with Crippen LogP contribution in [0.3, 0.4) is 0 Å². The Balaban J connectivity index is 1.90. The van der Waals surface area contributed by atoms with Crippen molar-refractivity contribution in [1.29, 1.82) is 0 Å². The van der Waals surface area contributed by atoms with E-state index in [-0.39, 0.29) is 11.9 Å². The van der Waals surface area contributed by atoms with Crippen molar-refractivity contribution in [2.24, 2.45) is 11.7 Å². The zero-order valence-electron chi connectivity index (χ0n) is 9.02. The van der Waals surface area contributed by atoms with E-state index < -0.39 is 6.10 Å². The zero-order chi connectivity index (χ0) is 10.8. The van der Waals surface area contributed by atoms with Gasteiger partial charge in [0.2, 0.25) is 0 Å². The Kier molecular flexibility index (Phi) is 3.23. The van der Waals surface area contributed by atoms with Gasteiger partial charge >= 0.3 is 0 Å². The first-order chi connectivity index (χ1) is 7.18. The Labute approximate surface area is 89.5 Å². The Hall–Kier alpha value is -0.650. The molecule has 2 rings (SSSR count). The number of carbonyl (C=O) groups excluding carboxylic acids is 1. The summed E-state index contributed by atoms with van der Waals surface area (Å²) in [5.74, 6) is 0.396. The first kappa shape index (κ1) is 10.9. The summed E-state index contributed by atoms with van der Waals surface area (Å²) >= 11 is 0. The second-order valence-electron chi connectivity index (χ2n) is 4.32. The largest absolute Gasteiger partial charge is 0.376 e. The summed E-state index contributed by atoms with van der Waals surface area (Å²) in [6, 6.07) is 0.0958. The fraction of sp³-hybridized carbons (Fsp3) is 0.900. The molecule has 15 heavy (non-hydrogen) atoms. The molecule has 0 aromatic carbocycles. The summed E-state index contributed by atoms with van der Waals surface area (Å²) in [5, 5.41) is 0. The molecule has 0 aromatic rings. The van der Waals surface area contributed by atoms with Crippen molar-refractivity contribution in [3.8, 4) is 0 Å². The van der Waals surface area contributed by atoms with Crippen LogP contribution in [0.4, 0.5) is 0 Å². The lowest BCUT2D eigenvalue weighted by Gasteiger charge is -2.26. The average Bonchev–Trinajstić information content (AvgIpc) is 2.59. The quantitative estimate of drug-likeness (QED) is 0.621. The van der Waals surface area contributed by atoms with Gasteiger partial charge < -0.3 is 20.1 Å². The summed E-state index contributed by atoms with van der Waals surface area (Å²) in [6.45, 7) is 4.90. The highest BCUT2D eigenvalue weighted by molar-refractivity contribution is 5.81. The van der Waals surface area contributed by atoms with Crippen LogP contribution < -0.4 is 5.73 Å². The second kappa shape index (κ2) is 4.47. The number of rotatable bonds is 1. The fourth-order valence-corrected chi connectivity index (χ4v) is 2.01. The van der Waals surface area contributed by atoms with Gasteiger partial charge in [-0.25, -0.2) is 0 Å². The Bertz CT molecular complexity index is 231. The SMILES string of the molecule is CC1CN(C(=O)C2COCCO2)CC1N. The molecule has 0 spiro atoms. The van der Waals surface area contributed by atoms with E-state index in [9.17, 15) is 4.79 Å². The van der Waals surface area contributed by atoms with E-state index in [0.717, 1.165) is 6.54 Å². The molecule has 0 aliphatic carbocycles. The summed E-state index contributed by atoms with van der Waals surface area (Å²) in [5.41, 5.74) is 5.87. The van der Waals surface area contributed by atoms with Crippen LogP contribution in [0.15, 0.2) is 0 Å². The number of ether oxygens (including phenoxy) is 2. The van der Waals surface area contributed by atoms with E-state index in [2.05, 4.69) is 6.92 Å². The first-order valence-corrected chi connectivity index (χ1v) is 5.42. The maximum Gasteiger partial charge on any atom is 0.254 e. The highest BCUT2D eigenvalue weighted by Crippen LogP contribution is 2.17. The standard InChI is InChI=1S/C10H18N2O3/c1-7-4-12(5-8(7)11)10(13)9-6-14-2-3-15-9/h7-9H,2-6,11H2,1H3. The number of likely N-dealkylation sites (tertiary alicyclic amines) is 1. The lowest BCUT2D eigenvalue weighted by molar-refractivity contribution is -0.157. The lowest BCUT2D eigenvalue weighted by Crippen LogP contribution is -2.45. The third kappa shape index (κ3) is 2.30. The summed E-state index contributed by atoms with van der Waals surface area (Å²) in [4.78, 5) is 13.7. The predicted octanol–water partition coefficient (Wildman–Crippen LogP) is -0.793. The van der Waals surface area contributed by atoms with Gasteiger partial charge in [0, 0.05) is 19.1 Å². The molecule has 86 valence electrons. The third-order valence-corrected chi connectivity index (χ3v) is 3.07. The molecule has 2 saturated heterocycles. The minimum absolute atomic E-state index is 0.0227. The van der Waals surface area contributed by atoms with Crippen LogP contribution in [-0.2, 0) is 14.3 Å². The lowest BCUT2D eigenvalue weighted by atomic mass is 10.1. The Morgan fingerprint density at radius 1 is 1.40 bits per heavy atom. The molecule has 3 unspecified atom stereocenters. The van der Waals surface area contributed by atoms with Crippen molar-refractivity contribution in [2.75, 3.05) is 32.9 Å². The highest BCUT2D eigenvalue weighted by atomic mass is 16.6. The Morgan fingerprint density at radius 3 is 2.73 bits per heavy atom. The molecule has 2 N–H and O–H groups in total. The van der Waals surface area contributed by atoms with E-state index in [4.69, 9.17) is 15.2 Å². The van der Waals surface area contributed by atoms with E-state index in [1.165, 1.54) is 0 Å². The van der Waals surface area contributed by atoms with Gasteiger partial charge in [-0.3, -0.25) is 4.79 Å². The number of carbonyl (C=O) groups is 1. The van der Waals surface area contributed by atoms with Gasteiger partial charge in [0.15, 0.2) is 6.10 Å². The van der Waals surface area contributed by atoms with Gasteiger partial charge in [-0.2, -0.15) is 0 Å². The van der Waals surface area contributed by atoms with Gasteiger partial charge in [-0.15, -0.1) is 0 Å². The first-order valence-electron chi connectivity index (χ1n) is 5.42. The van der Waals surface area contributed by atoms with Gasteiger partial charge in [0.25, 0.3) is 5.91 Å². The van der Waals surface area contributed by atoms with Gasteiger partial charge in [0.1, 0.15) is 0 Å². The van der Waals surface area contributed by atoms with Gasteiger partial charge in [-0.05, 0) is 5.92 Å². The molecular weight excluding hydrogens is 196 g/mol. The van der Waals surface area contributed by atoms with Crippen LogP contribution in [-0.4, -0.2) is 55.9 Å². The number of amides is 1. The second-order valence-corrected chi connectivity index (χ2v) is 4.32. The van der Waals surface area contributed by atoms with Crippen LogP contribution in [0.25, 0.3) is 0 Å². The fourth-order valence-electron chi connectivity index (χ4n) is 2.01. The smallest absolute Gasteiger partial charge is 0.254 e. The molecule has 2 fully saturated rings. The van der Waals surface area contributed by atoms with Crippen LogP contribution >= 0.6 is 0 Å². The molecule has 0 radical (unpaired) electrons. The number of hydrogen-bond acceptors (Lipinski definition) is 4. The molecule has 0 saturated carbocycles. The predicted molar refractivity (Wildman–Crippen MR) is 54.3 cm³/mol. The molecule has 2 aliphatic rings. The normalized spacial score (nSPS) is 36.9. The Morgan fingerprint density at radius 2 is 2.20 bits per heavy atom. The summed E-state index contributed by atoms with van der Waals surface area (Å²) < 4.78 is 10.6. The molecule has 1 amide bonds. The van der Waals surface area contributed by atoms with E-state index in [1.807, 2.05) is 0 Å². The van der Waals surface area contributed by atoms with Crippen LogP contribution in [0, 0.1) is 5.92 Å². The molecule has 2 aliphatic heterocycles. The number of nitrogens with two attached hydrogens (primary N) is 1. The summed E-state index contributed by atoms with van der Waals surface area (Å²) in [6.07, 6.45) is -0.420. The number of hydrogen-bond donors (Lipinski definition) is 1. The maximum absolute atomic E-state index is 12.0. The molecule has 5 nitrogen and oxygen atoms in total. The van der Waals surface area contributed by atoms with E-state index in [0.29, 0.717) is 32.3 Å². The third-order valence-electron chi connectivity index (χ3n) is 3.07. The topological polar surface area (TPSA) is 64.8 Å². The molecular formula is C10H18N2O3. The minimum Gasteiger partial charge on any atom is -0.376 e. The highest BCUT2D eigenvalue weighted by Gasteiger charge is 2.34. The molecule has 5 heteroatoms. The molecule has 3 atom stereocenters. The van der Waals surface area contributed by atoms with Crippen LogP contribution in [0.1, 0.15) is 6.92 Å². The van der Waals surface area contributed by atoms with Crippen LogP contribution in [0.5, 0.6) is 0 Å². The molecule has 0 bridgehead atoms. The minimum atomic E-state index is -0.420. The number of nitrogens with zero attached hydrogens (tertiary/aromatic N) is 1.